The molecule has 0 N–H and O–H groups in total. The average Bonchev–Trinajstić information content (AvgIpc) is 3.63. The number of hydrogen-bond acceptors (Lipinski definition) is 11. The summed E-state index contributed by atoms with van der Waals surface area (Å²) in [5.74, 6) is -2.80. The Morgan fingerprint density at radius 2 is 1.27 bits per heavy atom. The molecule has 1 fully saturated rings. The normalized spacial score (nSPS) is 19.7. The third-order valence-corrected chi connectivity index (χ3v) is 6.09. The van der Waals surface area contributed by atoms with Gasteiger partial charge in [0.15, 0.2) is 18.4 Å². The molecule has 0 unspecified atom stereocenters. The van der Waals surface area contributed by atoms with E-state index in [9.17, 15) is 24.5 Å². The fraction of sp³-hybridized carbons (Fsp3) is 0.179. The molecule has 1 aromatic heterocycles. The lowest BCUT2D eigenvalue weighted by atomic mass is 10.1. The van der Waals surface area contributed by atoms with Crippen LogP contribution in [-0.2, 0) is 18.9 Å². The van der Waals surface area contributed by atoms with Crippen molar-refractivity contribution in [3.8, 4) is 0 Å². The molecule has 0 aliphatic carbocycles. The third kappa shape index (κ3) is 6.25. The first-order valence-electron chi connectivity index (χ1n) is 12.4. The smallest absolute Gasteiger partial charge is 0.410 e. The molecule has 13 nitrogen and oxygen atoms in total. The Morgan fingerprint density at radius 1 is 0.780 bits per heavy atom. The van der Waals surface area contributed by atoms with Crippen LogP contribution in [0.4, 0.5) is 5.82 Å². The zero-order valence-corrected chi connectivity index (χ0v) is 21.2. The molecule has 1 aliphatic heterocycles. The average molecular weight is 559 g/mol. The van der Waals surface area contributed by atoms with Gasteiger partial charge < -0.3 is 29.1 Å². The third-order valence-electron chi connectivity index (χ3n) is 6.09. The Labute approximate surface area is 232 Å². The predicted octanol–water partition coefficient (Wildman–Crippen LogP) is 3.39. The van der Waals surface area contributed by atoms with Crippen LogP contribution in [0.25, 0.3) is 0 Å². The van der Waals surface area contributed by atoms with Crippen LogP contribution >= 0.6 is 0 Å². The zero-order chi connectivity index (χ0) is 28.8. The van der Waals surface area contributed by atoms with Crippen LogP contribution in [0.1, 0.15) is 37.3 Å². The summed E-state index contributed by atoms with van der Waals surface area (Å²) in [5, 5.41) is 19.0. The van der Waals surface area contributed by atoms with Crippen LogP contribution in [0.15, 0.2) is 97.2 Å². The van der Waals surface area contributed by atoms with Crippen molar-refractivity contribution in [2.75, 3.05) is 6.61 Å². The van der Waals surface area contributed by atoms with Crippen molar-refractivity contribution in [3.05, 3.63) is 124 Å². The van der Waals surface area contributed by atoms with E-state index in [1.807, 2.05) is 0 Å². The molecule has 4 atom stereocenters. The standard InChI is InChI=1S/C28H22N4O9/c33-26(18-10-4-1-5-11-18)38-17-21-23(40-27(34)19-12-6-2-7-13-19)24(41-28(35)20-14-8-3-9-15-20)25(39-21)31-29-16-22(30-31)32(36)37/h1-16,21,23-25H,17H2/t21-,23-,24-,25-/m1/s1. The first-order valence-corrected chi connectivity index (χ1v) is 12.4. The zero-order valence-electron chi connectivity index (χ0n) is 21.2. The van der Waals surface area contributed by atoms with E-state index in [0.29, 0.717) is 0 Å². The van der Waals surface area contributed by atoms with Gasteiger partial charge >= 0.3 is 23.7 Å². The highest BCUT2D eigenvalue weighted by Gasteiger charge is 2.53. The highest BCUT2D eigenvalue weighted by Crippen LogP contribution is 2.35. The van der Waals surface area contributed by atoms with Gasteiger partial charge in [-0.15, -0.1) is 5.10 Å². The van der Waals surface area contributed by atoms with Gasteiger partial charge in [0, 0.05) is 0 Å². The van der Waals surface area contributed by atoms with Crippen molar-refractivity contribution in [2.24, 2.45) is 0 Å². The SMILES string of the molecule is O=C(OC[C@H]1O[C@@H](n2ncc([N+](=O)[O-])n2)[C@H](OC(=O)c2ccccc2)[C@@H]1OC(=O)c1ccccc1)c1ccccc1. The topological polar surface area (TPSA) is 162 Å². The number of carbonyl (C=O) groups excluding carboxylic acids is 3. The molecule has 4 aromatic rings. The van der Waals surface area contributed by atoms with Crippen LogP contribution in [0, 0.1) is 10.1 Å². The van der Waals surface area contributed by atoms with Gasteiger partial charge in [-0.05, 0) is 41.3 Å². The molecule has 5 rings (SSSR count). The number of carbonyl (C=O) groups is 3. The molecule has 2 heterocycles. The van der Waals surface area contributed by atoms with Crippen LogP contribution in [0.5, 0.6) is 0 Å². The van der Waals surface area contributed by atoms with Gasteiger partial charge in [0.2, 0.25) is 6.23 Å². The Bertz CT molecular complexity index is 1530. The molecule has 13 heteroatoms. The van der Waals surface area contributed by atoms with Gasteiger partial charge in [-0.25, -0.2) is 14.4 Å². The first-order chi connectivity index (χ1) is 19.9. The Kier molecular flexibility index (Phi) is 8.06. The summed E-state index contributed by atoms with van der Waals surface area (Å²) in [6.07, 6.45) is -4.35. The van der Waals surface area contributed by atoms with Crippen molar-refractivity contribution in [2.45, 2.75) is 24.5 Å². The summed E-state index contributed by atoms with van der Waals surface area (Å²) in [7, 11) is 0. The molecule has 0 spiro atoms. The van der Waals surface area contributed by atoms with E-state index in [4.69, 9.17) is 18.9 Å². The van der Waals surface area contributed by atoms with Gasteiger partial charge in [-0.1, -0.05) is 59.4 Å². The summed E-state index contributed by atoms with van der Waals surface area (Å²) in [5.41, 5.74) is 0.672. The maximum absolute atomic E-state index is 13.1. The summed E-state index contributed by atoms with van der Waals surface area (Å²) < 4.78 is 23.0. The number of benzene rings is 3. The van der Waals surface area contributed by atoms with Crippen molar-refractivity contribution in [3.63, 3.8) is 0 Å². The minimum atomic E-state index is -1.39. The second-order valence-corrected chi connectivity index (χ2v) is 8.78. The minimum absolute atomic E-state index is 0.192. The quantitative estimate of drug-likeness (QED) is 0.128. The largest absolute Gasteiger partial charge is 0.459 e. The highest BCUT2D eigenvalue weighted by molar-refractivity contribution is 5.91. The maximum atomic E-state index is 13.1. The summed E-state index contributed by atoms with van der Waals surface area (Å²) in [4.78, 5) is 50.2. The number of aromatic nitrogens is 3. The lowest BCUT2D eigenvalue weighted by Crippen LogP contribution is -2.41. The van der Waals surface area contributed by atoms with Crippen molar-refractivity contribution >= 4 is 23.7 Å². The Morgan fingerprint density at radius 3 is 1.76 bits per heavy atom. The highest BCUT2D eigenvalue weighted by atomic mass is 16.7. The molecule has 1 aliphatic rings. The van der Waals surface area contributed by atoms with Gasteiger partial charge in [0.25, 0.3) is 0 Å². The van der Waals surface area contributed by atoms with Gasteiger partial charge in [-0.2, -0.15) is 0 Å². The van der Waals surface area contributed by atoms with Gasteiger partial charge in [0.05, 0.1) is 21.8 Å². The van der Waals surface area contributed by atoms with E-state index in [-0.39, 0.29) is 16.7 Å². The number of rotatable bonds is 9. The molecule has 0 amide bonds. The number of nitrogens with zero attached hydrogens (tertiary/aromatic N) is 4. The molecule has 1 saturated heterocycles. The fourth-order valence-electron chi connectivity index (χ4n) is 4.12. The molecule has 0 saturated carbocycles. The number of nitro groups is 1. The Hall–Kier alpha value is -5.43. The van der Waals surface area contributed by atoms with E-state index < -0.39 is 59.8 Å². The monoisotopic (exact) mass is 558 g/mol. The van der Waals surface area contributed by atoms with Crippen LogP contribution in [0.3, 0.4) is 0 Å². The second-order valence-electron chi connectivity index (χ2n) is 8.78. The number of esters is 3. The molecule has 208 valence electrons. The number of ether oxygens (including phenoxy) is 4. The van der Waals surface area contributed by atoms with Crippen molar-refractivity contribution < 1.29 is 38.3 Å². The predicted molar refractivity (Wildman–Crippen MR) is 139 cm³/mol. The number of hydrogen-bond donors (Lipinski definition) is 0. The Balaban J connectivity index is 1.47. The van der Waals surface area contributed by atoms with E-state index in [0.717, 1.165) is 11.0 Å². The molecule has 0 bridgehead atoms. The summed E-state index contributed by atoms with van der Waals surface area (Å²) >= 11 is 0. The maximum Gasteiger partial charge on any atom is 0.410 e. The molecular weight excluding hydrogens is 536 g/mol. The van der Waals surface area contributed by atoms with E-state index in [1.54, 1.807) is 66.7 Å². The molecule has 41 heavy (non-hydrogen) atoms. The van der Waals surface area contributed by atoms with E-state index in [1.165, 1.54) is 24.3 Å². The van der Waals surface area contributed by atoms with Crippen LogP contribution < -0.4 is 0 Å². The summed E-state index contributed by atoms with van der Waals surface area (Å²) in [6, 6.07) is 24.3. The first kappa shape index (κ1) is 27.1. The lowest BCUT2D eigenvalue weighted by molar-refractivity contribution is -0.390. The van der Waals surface area contributed by atoms with Crippen molar-refractivity contribution in [1.82, 2.24) is 15.0 Å². The van der Waals surface area contributed by atoms with E-state index >= 15 is 0 Å². The minimum Gasteiger partial charge on any atom is -0.459 e. The van der Waals surface area contributed by atoms with E-state index in [2.05, 4.69) is 10.2 Å². The molecule has 3 aromatic carbocycles. The summed E-state index contributed by atoms with van der Waals surface area (Å²) in [6.45, 7) is -0.417. The lowest BCUT2D eigenvalue weighted by Gasteiger charge is -2.23. The van der Waals surface area contributed by atoms with Crippen LogP contribution in [0.2, 0.25) is 0 Å². The van der Waals surface area contributed by atoms with Crippen molar-refractivity contribution in [1.29, 1.82) is 0 Å². The molecular formula is C28H22N4O9. The second kappa shape index (κ2) is 12.2. The molecule has 0 radical (unpaired) electrons. The van der Waals surface area contributed by atoms with Crippen LogP contribution in [-0.4, -0.2) is 62.7 Å². The fourth-order valence-corrected chi connectivity index (χ4v) is 4.12. The van der Waals surface area contributed by atoms with Gasteiger partial charge in [-0.3, -0.25) is 0 Å². The van der Waals surface area contributed by atoms with Gasteiger partial charge in [0.1, 0.15) is 12.7 Å².